The van der Waals surface area contributed by atoms with Gasteiger partial charge in [0.1, 0.15) is 11.2 Å². The van der Waals surface area contributed by atoms with Crippen LogP contribution in [0.15, 0.2) is 48.5 Å². The maximum absolute atomic E-state index is 12.8. The first kappa shape index (κ1) is 13.5. The van der Waals surface area contributed by atoms with E-state index in [-0.39, 0.29) is 11.6 Å². The van der Waals surface area contributed by atoms with Crippen molar-refractivity contribution < 1.29 is 9.72 Å². The Morgan fingerprint density at radius 1 is 1.09 bits per heavy atom. The summed E-state index contributed by atoms with van der Waals surface area (Å²) < 4.78 is 0. The van der Waals surface area contributed by atoms with Gasteiger partial charge in [-0.05, 0) is 24.1 Å². The molecule has 0 radical (unpaired) electrons. The van der Waals surface area contributed by atoms with Crippen LogP contribution in [0.5, 0.6) is 0 Å². The first-order valence-electron chi connectivity index (χ1n) is 7.31. The molecule has 2 heterocycles. The third kappa shape index (κ3) is 1.99. The number of aromatic nitrogens is 1. The second-order valence-corrected chi connectivity index (χ2v) is 5.48. The second kappa shape index (κ2) is 4.95. The molecule has 0 unspecified atom stereocenters. The molecule has 1 N–H and O–H groups in total. The average molecular weight is 307 g/mol. The van der Waals surface area contributed by atoms with Gasteiger partial charge in [0.25, 0.3) is 11.6 Å². The predicted molar refractivity (Wildman–Crippen MR) is 86.8 cm³/mol. The van der Waals surface area contributed by atoms with E-state index in [1.807, 2.05) is 36.4 Å². The van der Waals surface area contributed by atoms with Gasteiger partial charge in [-0.25, -0.2) is 0 Å². The predicted octanol–water partition coefficient (Wildman–Crippen LogP) is 3.28. The number of fused-ring (bicyclic) bond motifs is 3. The van der Waals surface area contributed by atoms with E-state index < -0.39 is 4.92 Å². The zero-order chi connectivity index (χ0) is 16.0. The molecule has 0 bridgehead atoms. The molecule has 4 rings (SSSR count). The number of anilines is 1. The van der Waals surface area contributed by atoms with Gasteiger partial charge in [-0.3, -0.25) is 14.9 Å². The molecule has 0 fully saturated rings. The van der Waals surface area contributed by atoms with Crippen molar-refractivity contribution >= 4 is 28.2 Å². The number of hydrogen-bond donors (Lipinski definition) is 1. The smallest absolute Gasteiger partial charge is 0.293 e. The fourth-order valence-corrected chi connectivity index (χ4v) is 3.17. The molecule has 6 nitrogen and oxygen atoms in total. The number of carbonyl (C=O) groups is 1. The summed E-state index contributed by atoms with van der Waals surface area (Å²) in [4.78, 5) is 28.2. The Kier molecular flexibility index (Phi) is 2.90. The first-order chi connectivity index (χ1) is 11.2. The van der Waals surface area contributed by atoms with E-state index in [4.69, 9.17) is 0 Å². The Hall–Kier alpha value is -3.15. The fraction of sp³-hybridized carbons (Fsp3) is 0.118. The van der Waals surface area contributed by atoms with E-state index in [0.717, 1.165) is 16.6 Å². The second-order valence-electron chi connectivity index (χ2n) is 5.48. The number of H-pyrrole nitrogens is 1. The van der Waals surface area contributed by atoms with Gasteiger partial charge in [-0.15, -0.1) is 0 Å². The van der Waals surface area contributed by atoms with Gasteiger partial charge in [0.05, 0.1) is 4.92 Å². The Morgan fingerprint density at radius 3 is 2.61 bits per heavy atom. The third-order valence-corrected chi connectivity index (χ3v) is 4.23. The SMILES string of the molecule is O=C1c2[nH]c3c([N+](=O)[O-])cccc3c2CCN1c1ccccc1. The number of nitro groups is 1. The number of carbonyl (C=O) groups excluding carboxylic acids is 1. The van der Waals surface area contributed by atoms with E-state index in [2.05, 4.69) is 4.98 Å². The van der Waals surface area contributed by atoms with E-state index in [1.165, 1.54) is 6.07 Å². The topological polar surface area (TPSA) is 79.2 Å². The molecule has 0 aliphatic carbocycles. The van der Waals surface area contributed by atoms with Crippen LogP contribution in [0.25, 0.3) is 10.9 Å². The van der Waals surface area contributed by atoms with Crippen LogP contribution < -0.4 is 4.90 Å². The molecule has 0 spiro atoms. The number of nitrogens with zero attached hydrogens (tertiary/aromatic N) is 2. The Labute approximate surface area is 131 Å². The quantitative estimate of drug-likeness (QED) is 0.583. The summed E-state index contributed by atoms with van der Waals surface area (Å²) >= 11 is 0. The summed E-state index contributed by atoms with van der Waals surface area (Å²) in [5, 5.41) is 11.9. The van der Waals surface area contributed by atoms with Crippen molar-refractivity contribution in [2.45, 2.75) is 6.42 Å². The van der Waals surface area contributed by atoms with Gasteiger partial charge in [0, 0.05) is 23.7 Å². The molecule has 3 aromatic rings. The summed E-state index contributed by atoms with van der Waals surface area (Å²) in [6.07, 6.45) is 0.664. The highest BCUT2D eigenvalue weighted by Crippen LogP contribution is 2.33. The lowest BCUT2D eigenvalue weighted by atomic mass is 10.0. The first-order valence-corrected chi connectivity index (χ1v) is 7.31. The molecule has 23 heavy (non-hydrogen) atoms. The average Bonchev–Trinajstić information content (AvgIpc) is 2.95. The Morgan fingerprint density at radius 2 is 1.87 bits per heavy atom. The highest BCUT2D eigenvalue weighted by Gasteiger charge is 2.30. The minimum absolute atomic E-state index is 0.00374. The number of para-hydroxylation sites is 2. The fourth-order valence-electron chi connectivity index (χ4n) is 3.17. The van der Waals surface area contributed by atoms with Crippen LogP contribution in [0.3, 0.4) is 0 Å². The lowest BCUT2D eigenvalue weighted by molar-refractivity contribution is -0.383. The summed E-state index contributed by atoms with van der Waals surface area (Å²) in [5.74, 6) is -0.150. The number of nitro benzene ring substituents is 1. The molecule has 1 aromatic heterocycles. The summed E-state index contributed by atoms with van der Waals surface area (Å²) in [6, 6.07) is 14.4. The van der Waals surface area contributed by atoms with Crippen LogP contribution in [-0.2, 0) is 6.42 Å². The molecule has 114 valence electrons. The van der Waals surface area contributed by atoms with Crippen molar-refractivity contribution in [3.63, 3.8) is 0 Å². The van der Waals surface area contributed by atoms with E-state index in [1.54, 1.807) is 11.0 Å². The van der Waals surface area contributed by atoms with Crippen LogP contribution >= 0.6 is 0 Å². The van der Waals surface area contributed by atoms with Crippen LogP contribution in [-0.4, -0.2) is 22.4 Å². The Bertz CT molecular complexity index is 931. The Balaban J connectivity index is 1.86. The molecular weight excluding hydrogens is 294 g/mol. The lowest BCUT2D eigenvalue weighted by Crippen LogP contribution is -2.37. The van der Waals surface area contributed by atoms with Crippen molar-refractivity contribution in [3.05, 3.63) is 69.9 Å². The zero-order valence-electron chi connectivity index (χ0n) is 12.2. The molecule has 2 aromatic carbocycles. The molecule has 6 heteroatoms. The molecule has 0 atom stereocenters. The standard InChI is InChI=1S/C17H13N3O3/c21-17-16-13(9-10-19(17)11-5-2-1-3-6-11)12-7-4-8-14(20(22)23)15(12)18-16/h1-8,18H,9-10H2. The minimum Gasteiger partial charge on any atom is -0.345 e. The minimum atomic E-state index is -0.427. The molecule has 1 aliphatic heterocycles. The lowest BCUT2D eigenvalue weighted by Gasteiger charge is -2.26. The number of hydrogen-bond acceptors (Lipinski definition) is 3. The van der Waals surface area contributed by atoms with E-state index in [0.29, 0.717) is 24.2 Å². The molecular formula is C17H13N3O3. The number of aromatic amines is 1. The van der Waals surface area contributed by atoms with Crippen molar-refractivity contribution in [1.82, 2.24) is 4.98 Å². The number of non-ortho nitro benzene ring substituents is 1. The molecule has 0 saturated carbocycles. The maximum Gasteiger partial charge on any atom is 0.293 e. The molecule has 0 saturated heterocycles. The highest BCUT2D eigenvalue weighted by atomic mass is 16.6. The number of rotatable bonds is 2. The maximum atomic E-state index is 12.8. The molecule has 1 amide bonds. The van der Waals surface area contributed by atoms with Crippen molar-refractivity contribution in [2.24, 2.45) is 0 Å². The van der Waals surface area contributed by atoms with Crippen molar-refractivity contribution in [1.29, 1.82) is 0 Å². The highest BCUT2D eigenvalue weighted by molar-refractivity contribution is 6.11. The summed E-state index contributed by atoms with van der Waals surface area (Å²) in [6.45, 7) is 0.561. The summed E-state index contributed by atoms with van der Waals surface area (Å²) in [7, 11) is 0. The normalized spacial score (nSPS) is 14.1. The van der Waals surface area contributed by atoms with Crippen LogP contribution in [0.2, 0.25) is 0 Å². The molecule has 1 aliphatic rings. The van der Waals surface area contributed by atoms with Gasteiger partial charge in [0.2, 0.25) is 0 Å². The monoisotopic (exact) mass is 307 g/mol. The number of amides is 1. The van der Waals surface area contributed by atoms with Crippen LogP contribution in [0.1, 0.15) is 16.1 Å². The largest absolute Gasteiger partial charge is 0.345 e. The summed E-state index contributed by atoms with van der Waals surface area (Å²) in [5.41, 5.74) is 2.56. The van der Waals surface area contributed by atoms with E-state index in [9.17, 15) is 14.9 Å². The van der Waals surface area contributed by atoms with Gasteiger partial charge in [-0.2, -0.15) is 0 Å². The third-order valence-electron chi connectivity index (χ3n) is 4.23. The van der Waals surface area contributed by atoms with Gasteiger partial charge in [0.15, 0.2) is 0 Å². The van der Waals surface area contributed by atoms with E-state index >= 15 is 0 Å². The van der Waals surface area contributed by atoms with Crippen LogP contribution in [0, 0.1) is 10.1 Å². The van der Waals surface area contributed by atoms with Crippen LogP contribution in [0.4, 0.5) is 11.4 Å². The number of benzene rings is 2. The van der Waals surface area contributed by atoms with Gasteiger partial charge >= 0.3 is 0 Å². The number of nitrogens with one attached hydrogen (secondary N) is 1. The van der Waals surface area contributed by atoms with Crippen molar-refractivity contribution in [2.75, 3.05) is 11.4 Å². The zero-order valence-corrected chi connectivity index (χ0v) is 12.2. The van der Waals surface area contributed by atoms with Crippen molar-refractivity contribution in [3.8, 4) is 0 Å². The van der Waals surface area contributed by atoms with Gasteiger partial charge in [-0.1, -0.05) is 30.3 Å². The van der Waals surface area contributed by atoms with Gasteiger partial charge < -0.3 is 9.88 Å².